The van der Waals surface area contributed by atoms with E-state index in [1.54, 1.807) is 37.3 Å². The van der Waals surface area contributed by atoms with Crippen LogP contribution in [0, 0.1) is 18.2 Å². The van der Waals surface area contributed by atoms with Crippen molar-refractivity contribution >= 4 is 29.5 Å². The van der Waals surface area contributed by atoms with E-state index in [9.17, 15) is 18.8 Å². The molecule has 192 valence electrons. The summed E-state index contributed by atoms with van der Waals surface area (Å²) in [5, 5.41) is 22.2. The third-order valence-electron chi connectivity index (χ3n) is 4.53. The van der Waals surface area contributed by atoms with Gasteiger partial charge in [0.1, 0.15) is 17.8 Å². The van der Waals surface area contributed by atoms with E-state index in [1.165, 1.54) is 11.0 Å². The van der Waals surface area contributed by atoms with Crippen LogP contribution >= 0.6 is 0 Å². The number of aliphatic hydroxyl groups is 1. The first kappa shape index (κ1) is 31.4. The summed E-state index contributed by atoms with van der Waals surface area (Å²) in [4.78, 5) is 34.8. The Kier molecular flexibility index (Phi) is 15.9. The standard InChI is InChI=1S/C14H18N4O4.C9H12FN.C2H6/c15-13(14(16)22)10-3-1-2-4-11(10)17-9-12(21)18(5-7-19)6-8-20;1-7-4-3-5-8(6-11-2)9(7)10;1-2/h1-4,7,15,17,20H,5-6,8-9H2,(H2,16,22);3-5,11H,6H2,1-2H3;1-2H3. The predicted octanol–water partition coefficient (Wildman–Crippen LogP) is 1.85. The highest BCUT2D eigenvalue weighted by molar-refractivity contribution is 6.44. The second-order valence-electron chi connectivity index (χ2n) is 6.95. The number of aryl methyl sites for hydroxylation is 1. The lowest BCUT2D eigenvalue weighted by Gasteiger charge is -2.20. The molecule has 35 heavy (non-hydrogen) atoms. The number of halogens is 1. The predicted molar refractivity (Wildman–Crippen MR) is 136 cm³/mol. The van der Waals surface area contributed by atoms with Gasteiger partial charge in [0.15, 0.2) is 0 Å². The minimum atomic E-state index is -0.872. The summed E-state index contributed by atoms with van der Waals surface area (Å²) in [5.74, 6) is -1.35. The van der Waals surface area contributed by atoms with E-state index in [-0.39, 0.29) is 49.2 Å². The first-order valence-electron chi connectivity index (χ1n) is 11.2. The van der Waals surface area contributed by atoms with Crippen molar-refractivity contribution in [1.82, 2.24) is 10.2 Å². The van der Waals surface area contributed by atoms with Crippen molar-refractivity contribution in [3.8, 4) is 0 Å². The molecule has 0 aromatic heterocycles. The zero-order chi connectivity index (χ0) is 26.8. The van der Waals surface area contributed by atoms with E-state index < -0.39 is 5.91 Å². The molecule has 2 aromatic rings. The van der Waals surface area contributed by atoms with Crippen LogP contribution < -0.4 is 16.4 Å². The monoisotopic (exact) mass is 489 g/mol. The summed E-state index contributed by atoms with van der Waals surface area (Å²) in [6.45, 7) is 5.92. The molecule has 9 nitrogen and oxygen atoms in total. The number of nitrogens with two attached hydrogens (primary N) is 1. The Labute approximate surface area is 206 Å². The van der Waals surface area contributed by atoms with Crippen LogP contribution in [0.4, 0.5) is 10.1 Å². The van der Waals surface area contributed by atoms with Crippen molar-refractivity contribution in [3.63, 3.8) is 0 Å². The summed E-state index contributed by atoms with van der Waals surface area (Å²) >= 11 is 0. The average molecular weight is 490 g/mol. The van der Waals surface area contributed by atoms with Gasteiger partial charge in [-0.1, -0.05) is 50.2 Å². The van der Waals surface area contributed by atoms with Gasteiger partial charge in [-0.2, -0.15) is 0 Å². The number of aliphatic hydroxyl groups excluding tert-OH is 1. The van der Waals surface area contributed by atoms with Crippen molar-refractivity contribution in [2.45, 2.75) is 27.3 Å². The van der Waals surface area contributed by atoms with Gasteiger partial charge in [0.2, 0.25) is 5.91 Å². The fraction of sp³-hybridized carbons (Fsp3) is 0.360. The number of primary amides is 1. The normalized spacial score (nSPS) is 9.54. The van der Waals surface area contributed by atoms with Crippen molar-refractivity contribution in [2.75, 3.05) is 38.6 Å². The van der Waals surface area contributed by atoms with Crippen molar-refractivity contribution in [1.29, 1.82) is 5.41 Å². The van der Waals surface area contributed by atoms with Gasteiger partial charge >= 0.3 is 0 Å². The Hall–Kier alpha value is -3.63. The number of hydrogen-bond acceptors (Lipinski definition) is 7. The fourth-order valence-electron chi connectivity index (χ4n) is 2.83. The molecule has 2 aromatic carbocycles. The number of aldehydes is 1. The van der Waals surface area contributed by atoms with Crippen LogP contribution in [-0.2, 0) is 20.9 Å². The lowest BCUT2D eigenvalue weighted by molar-refractivity contribution is -0.131. The van der Waals surface area contributed by atoms with Crippen LogP contribution in [0.2, 0.25) is 0 Å². The molecule has 0 aliphatic heterocycles. The summed E-state index contributed by atoms with van der Waals surface area (Å²) in [6, 6.07) is 11.9. The SMILES string of the molecule is CC.CNCc1cccc(C)c1F.N=C(C(N)=O)c1ccccc1NCC(=O)N(CC=O)CCO. The highest BCUT2D eigenvalue weighted by Crippen LogP contribution is 2.15. The number of carbonyl (C=O) groups excluding carboxylic acids is 3. The quantitative estimate of drug-likeness (QED) is 0.240. The minimum absolute atomic E-state index is 0.0536. The zero-order valence-electron chi connectivity index (χ0n) is 20.7. The molecular formula is C25H36FN5O4. The van der Waals surface area contributed by atoms with Crippen LogP contribution in [0.1, 0.15) is 30.5 Å². The van der Waals surface area contributed by atoms with E-state index in [1.807, 2.05) is 27.0 Å². The Balaban J connectivity index is 0.000000742. The second-order valence-corrected chi connectivity index (χ2v) is 6.95. The number of nitrogens with zero attached hydrogens (tertiary/aromatic N) is 1. The Morgan fingerprint density at radius 2 is 1.83 bits per heavy atom. The molecular weight excluding hydrogens is 453 g/mol. The summed E-state index contributed by atoms with van der Waals surface area (Å²) in [5.41, 5.74) is 6.85. The Morgan fingerprint density at radius 3 is 2.40 bits per heavy atom. The lowest BCUT2D eigenvalue weighted by Crippen LogP contribution is -2.39. The third-order valence-corrected chi connectivity index (χ3v) is 4.53. The molecule has 0 spiro atoms. The molecule has 0 heterocycles. The van der Waals surface area contributed by atoms with Gasteiger partial charge in [-0.25, -0.2) is 4.39 Å². The summed E-state index contributed by atoms with van der Waals surface area (Å²) in [6.07, 6.45) is 0.574. The van der Waals surface area contributed by atoms with Gasteiger partial charge in [0.25, 0.3) is 5.91 Å². The first-order valence-corrected chi connectivity index (χ1v) is 11.2. The highest BCUT2D eigenvalue weighted by atomic mass is 19.1. The number of para-hydroxylation sites is 1. The van der Waals surface area contributed by atoms with Crippen molar-refractivity contribution < 1.29 is 23.9 Å². The number of carbonyl (C=O) groups is 3. The molecule has 2 amide bonds. The first-order chi connectivity index (χ1) is 16.8. The van der Waals surface area contributed by atoms with E-state index in [0.29, 0.717) is 24.1 Å². The number of benzene rings is 2. The topological polar surface area (TPSA) is 149 Å². The number of hydrogen-bond donors (Lipinski definition) is 5. The largest absolute Gasteiger partial charge is 0.395 e. The Bertz CT molecular complexity index is 969. The fourth-order valence-corrected chi connectivity index (χ4v) is 2.83. The molecule has 6 N–H and O–H groups in total. The zero-order valence-corrected chi connectivity index (χ0v) is 20.7. The van der Waals surface area contributed by atoms with Crippen molar-refractivity contribution in [3.05, 3.63) is 65.0 Å². The number of rotatable bonds is 11. The maximum atomic E-state index is 13.1. The van der Waals surface area contributed by atoms with E-state index in [2.05, 4.69) is 10.6 Å². The molecule has 10 heteroatoms. The molecule has 0 saturated carbocycles. The van der Waals surface area contributed by atoms with Gasteiger partial charge in [-0.15, -0.1) is 0 Å². The van der Waals surface area contributed by atoms with Crippen LogP contribution in [0.25, 0.3) is 0 Å². The molecule has 0 fully saturated rings. The van der Waals surface area contributed by atoms with E-state index >= 15 is 0 Å². The average Bonchev–Trinajstić information content (AvgIpc) is 2.86. The van der Waals surface area contributed by atoms with Gasteiger partial charge in [-0.05, 0) is 25.6 Å². The van der Waals surface area contributed by atoms with Crippen LogP contribution in [0.5, 0.6) is 0 Å². The number of anilines is 1. The minimum Gasteiger partial charge on any atom is -0.395 e. The van der Waals surface area contributed by atoms with E-state index in [4.69, 9.17) is 16.2 Å². The van der Waals surface area contributed by atoms with Gasteiger partial charge in [0, 0.05) is 29.9 Å². The molecule has 2 rings (SSSR count). The molecule has 0 aliphatic rings. The number of nitrogens with one attached hydrogen (secondary N) is 3. The van der Waals surface area contributed by atoms with E-state index in [0.717, 1.165) is 5.56 Å². The molecule has 0 bridgehead atoms. The smallest absolute Gasteiger partial charge is 0.267 e. The second kappa shape index (κ2) is 17.8. The maximum Gasteiger partial charge on any atom is 0.267 e. The molecule has 0 aliphatic carbocycles. The van der Waals surface area contributed by atoms with Gasteiger partial charge in [0.05, 0.1) is 19.7 Å². The molecule has 0 saturated heterocycles. The molecule has 0 atom stereocenters. The van der Waals surface area contributed by atoms with Crippen LogP contribution in [-0.4, -0.2) is 67.1 Å². The third kappa shape index (κ3) is 10.9. The Morgan fingerprint density at radius 1 is 1.17 bits per heavy atom. The van der Waals surface area contributed by atoms with Gasteiger partial charge in [-0.3, -0.25) is 15.0 Å². The van der Waals surface area contributed by atoms with Crippen molar-refractivity contribution in [2.24, 2.45) is 5.73 Å². The summed E-state index contributed by atoms with van der Waals surface area (Å²) in [7, 11) is 1.81. The maximum absolute atomic E-state index is 13.1. The van der Waals surface area contributed by atoms with Gasteiger partial charge < -0.3 is 31.2 Å². The molecule has 0 radical (unpaired) electrons. The van der Waals surface area contributed by atoms with Crippen LogP contribution in [0.3, 0.4) is 0 Å². The highest BCUT2D eigenvalue weighted by Gasteiger charge is 2.15. The lowest BCUT2D eigenvalue weighted by atomic mass is 10.1. The summed E-state index contributed by atoms with van der Waals surface area (Å²) < 4.78 is 13.1. The van der Waals surface area contributed by atoms with Crippen LogP contribution in [0.15, 0.2) is 42.5 Å². The number of amides is 2. The molecule has 0 unspecified atom stereocenters.